The average molecular weight is 234 g/mol. The molecular weight excluding hydrogens is 216 g/mol. The van der Waals surface area contributed by atoms with E-state index in [-0.39, 0.29) is 5.91 Å². The Hall–Kier alpha value is -1.65. The highest BCUT2D eigenvalue weighted by atomic mass is 16.2. The molecule has 1 heterocycles. The lowest BCUT2D eigenvalue weighted by molar-refractivity contribution is 0.0779. The second kappa shape index (κ2) is 5.12. The summed E-state index contributed by atoms with van der Waals surface area (Å²) < 4.78 is 0. The lowest BCUT2D eigenvalue weighted by Crippen LogP contribution is -2.29. The molecule has 0 aliphatic heterocycles. The zero-order chi connectivity index (χ0) is 12.3. The van der Waals surface area contributed by atoms with E-state index in [2.05, 4.69) is 22.2 Å². The molecule has 0 spiro atoms. The van der Waals surface area contributed by atoms with E-state index in [9.17, 15) is 4.79 Å². The molecule has 0 unspecified atom stereocenters. The van der Waals surface area contributed by atoms with E-state index in [4.69, 9.17) is 0 Å². The molecule has 1 aromatic rings. The lowest BCUT2D eigenvalue weighted by Gasteiger charge is -2.15. The number of hydrogen-bond donors (Lipinski definition) is 1. The zero-order valence-corrected chi connectivity index (χ0v) is 10.3. The summed E-state index contributed by atoms with van der Waals surface area (Å²) in [6, 6.07) is 0.400. The van der Waals surface area contributed by atoms with Gasteiger partial charge in [0.25, 0.3) is 5.91 Å². The molecule has 1 saturated carbocycles. The largest absolute Gasteiger partial charge is 0.369 e. The number of nitrogens with one attached hydrogen (secondary N) is 1. The molecule has 0 saturated heterocycles. The molecule has 1 N–H and O–H groups in total. The van der Waals surface area contributed by atoms with Gasteiger partial charge in [0.15, 0.2) is 0 Å². The molecule has 0 radical (unpaired) electrons. The number of rotatable bonds is 5. The van der Waals surface area contributed by atoms with Gasteiger partial charge in [0.05, 0.1) is 12.4 Å². The molecule has 1 aliphatic rings. The summed E-state index contributed by atoms with van der Waals surface area (Å²) in [5, 5.41) is 3.13. The predicted octanol–water partition coefficient (Wildman–Crippen LogP) is 1.53. The summed E-state index contributed by atoms with van der Waals surface area (Å²) >= 11 is 0. The Balaban J connectivity index is 2.06. The van der Waals surface area contributed by atoms with Crippen molar-refractivity contribution in [1.82, 2.24) is 14.9 Å². The topological polar surface area (TPSA) is 58.1 Å². The molecule has 0 atom stereocenters. The Morgan fingerprint density at radius 3 is 2.94 bits per heavy atom. The van der Waals surface area contributed by atoms with Gasteiger partial charge in [-0.15, -0.1) is 0 Å². The second-order valence-electron chi connectivity index (χ2n) is 4.36. The number of carbonyl (C=O) groups excluding carboxylic acids is 1. The molecule has 2 rings (SSSR count). The van der Waals surface area contributed by atoms with Gasteiger partial charge in [-0.3, -0.25) is 9.78 Å². The van der Waals surface area contributed by atoms with E-state index in [1.807, 2.05) is 7.05 Å². The minimum atomic E-state index is -0.0415. The first-order chi connectivity index (χ1) is 8.22. The third-order valence-corrected chi connectivity index (χ3v) is 2.82. The van der Waals surface area contributed by atoms with Crippen molar-refractivity contribution >= 4 is 11.7 Å². The number of nitrogens with zero attached hydrogens (tertiary/aromatic N) is 3. The molecular formula is C12H18N4O. The highest BCUT2D eigenvalue weighted by Gasteiger charge is 2.30. The number of anilines is 1. The molecule has 5 nitrogen and oxygen atoms in total. The summed E-state index contributed by atoms with van der Waals surface area (Å²) in [6.45, 7) is 2.92. The van der Waals surface area contributed by atoms with Gasteiger partial charge in [-0.2, -0.15) is 0 Å². The molecule has 5 heteroatoms. The Kier molecular flexibility index (Phi) is 3.56. The molecule has 92 valence electrons. The van der Waals surface area contributed by atoms with E-state index in [1.54, 1.807) is 11.1 Å². The van der Waals surface area contributed by atoms with Crippen molar-refractivity contribution < 1.29 is 4.79 Å². The van der Waals surface area contributed by atoms with Crippen molar-refractivity contribution in [2.45, 2.75) is 32.2 Å². The summed E-state index contributed by atoms with van der Waals surface area (Å²) in [6.07, 6.45) is 6.39. The second-order valence-corrected chi connectivity index (χ2v) is 4.36. The van der Waals surface area contributed by atoms with Gasteiger partial charge in [0.2, 0.25) is 0 Å². The fourth-order valence-electron chi connectivity index (χ4n) is 1.62. The van der Waals surface area contributed by atoms with Gasteiger partial charge >= 0.3 is 0 Å². The average Bonchev–Trinajstić information content (AvgIpc) is 3.19. The van der Waals surface area contributed by atoms with Gasteiger partial charge in [0.1, 0.15) is 11.5 Å². The molecule has 0 bridgehead atoms. The zero-order valence-electron chi connectivity index (χ0n) is 10.3. The van der Waals surface area contributed by atoms with E-state index in [0.29, 0.717) is 17.6 Å². The van der Waals surface area contributed by atoms with Crippen LogP contribution in [0.5, 0.6) is 0 Å². The number of carbonyl (C=O) groups is 1. The molecule has 1 aliphatic carbocycles. The fourth-order valence-corrected chi connectivity index (χ4v) is 1.62. The maximum absolute atomic E-state index is 12.0. The van der Waals surface area contributed by atoms with Crippen LogP contribution in [0.15, 0.2) is 12.4 Å². The van der Waals surface area contributed by atoms with Crippen LogP contribution in [-0.4, -0.2) is 40.4 Å². The van der Waals surface area contributed by atoms with Gasteiger partial charge in [0, 0.05) is 19.6 Å². The fraction of sp³-hybridized carbons (Fsp3) is 0.583. The Bertz CT molecular complexity index is 403. The molecule has 1 aromatic heterocycles. The van der Waals surface area contributed by atoms with E-state index >= 15 is 0 Å². The monoisotopic (exact) mass is 234 g/mol. The van der Waals surface area contributed by atoms with Crippen LogP contribution >= 0.6 is 0 Å². The van der Waals surface area contributed by atoms with Gasteiger partial charge in [-0.05, 0) is 19.3 Å². The smallest absolute Gasteiger partial charge is 0.274 e. The predicted molar refractivity (Wildman–Crippen MR) is 65.9 cm³/mol. The van der Waals surface area contributed by atoms with Crippen molar-refractivity contribution in [2.24, 2.45) is 0 Å². The SMILES string of the molecule is CCCNc1cncc(C(=O)N(C)C2CC2)n1. The van der Waals surface area contributed by atoms with E-state index < -0.39 is 0 Å². The standard InChI is InChI=1S/C12H18N4O/c1-3-6-14-11-8-13-7-10(15-11)12(17)16(2)9-4-5-9/h7-9H,3-6H2,1-2H3,(H,14,15). The van der Waals surface area contributed by atoms with Gasteiger partial charge in [-0.1, -0.05) is 6.92 Å². The molecule has 1 fully saturated rings. The minimum absolute atomic E-state index is 0.0415. The first kappa shape index (κ1) is 11.8. The van der Waals surface area contributed by atoms with Crippen LogP contribution in [0.1, 0.15) is 36.7 Å². The van der Waals surface area contributed by atoms with Crippen LogP contribution in [0.3, 0.4) is 0 Å². The number of aromatic nitrogens is 2. The maximum atomic E-state index is 12.0. The van der Waals surface area contributed by atoms with Gasteiger partial charge in [-0.25, -0.2) is 4.98 Å². The lowest BCUT2D eigenvalue weighted by atomic mass is 10.3. The highest BCUT2D eigenvalue weighted by molar-refractivity contribution is 5.92. The van der Waals surface area contributed by atoms with Crippen molar-refractivity contribution in [1.29, 1.82) is 0 Å². The van der Waals surface area contributed by atoms with Crippen LogP contribution < -0.4 is 5.32 Å². The number of hydrogen-bond acceptors (Lipinski definition) is 4. The third kappa shape index (κ3) is 2.93. The maximum Gasteiger partial charge on any atom is 0.274 e. The van der Waals surface area contributed by atoms with Crippen molar-refractivity contribution in [3.63, 3.8) is 0 Å². The summed E-state index contributed by atoms with van der Waals surface area (Å²) in [5.74, 6) is 0.627. The summed E-state index contributed by atoms with van der Waals surface area (Å²) in [4.78, 5) is 22.1. The van der Waals surface area contributed by atoms with Crippen LogP contribution in [-0.2, 0) is 0 Å². The van der Waals surface area contributed by atoms with Crippen molar-refractivity contribution in [3.05, 3.63) is 18.1 Å². The molecule has 0 aromatic carbocycles. The third-order valence-electron chi connectivity index (χ3n) is 2.82. The first-order valence-corrected chi connectivity index (χ1v) is 6.05. The summed E-state index contributed by atoms with van der Waals surface area (Å²) in [7, 11) is 1.83. The van der Waals surface area contributed by atoms with Gasteiger partial charge < -0.3 is 10.2 Å². The van der Waals surface area contributed by atoms with Crippen molar-refractivity contribution in [3.8, 4) is 0 Å². The van der Waals surface area contributed by atoms with Crippen LogP contribution in [0.25, 0.3) is 0 Å². The van der Waals surface area contributed by atoms with E-state index in [0.717, 1.165) is 25.8 Å². The van der Waals surface area contributed by atoms with Crippen LogP contribution in [0, 0.1) is 0 Å². The number of amides is 1. The Morgan fingerprint density at radius 2 is 2.29 bits per heavy atom. The normalized spacial score (nSPS) is 14.5. The first-order valence-electron chi connectivity index (χ1n) is 6.05. The highest BCUT2D eigenvalue weighted by Crippen LogP contribution is 2.26. The molecule has 17 heavy (non-hydrogen) atoms. The van der Waals surface area contributed by atoms with Crippen LogP contribution in [0.2, 0.25) is 0 Å². The van der Waals surface area contributed by atoms with E-state index in [1.165, 1.54) is 6.20 Å². The summed E-state index contributed by atoms with van der Waals surface area (Å²) in [5.41, 5.74) is 0.417. The molecule has 1 amide bonds. The minimum Gasteiger partial charge on any atom is -0.369 e. The quantitative estimate of drug-likeness (QED) is 0.839. The Labute approximate surface area is 101 Å². The van der Waals surface area contributed by atoms with Crippen molar-refractivity contribution in [2.75, 3.05) is 18.9 Å². The Morgan fingerprint density at radius 1 is 1.53 bits per heavy atom. The van der Waals surface area contributed by atoms with Crippen LogP contribution in [0.4, 0.5) is 5.82 Å².